The molecule has 0 fully saturated rings. The van der Waals surface area contributed by atoms with Gasteiger partial charge in [-0.1, -0.05) is 42.5 Å². The van der Waals surface area contributed by atoms with Gasteiger partial charge >= 0.3 is 0 Å². The predicted octanol–water partition coefficient (Wildman–Crippen LogP) is 3.93. The Morgan fingerprint density at radius 1 is 1.19 bits per heavy atom. The number of rotatable bonds is 5. The van der Waals surface area contributed by atoms with Crippen molar-refractivity contribution in [1.82, 2.24) is 10.2 Å². The van der Waals surface area contributed by atoms with Crippen LogP contribution in [0, 0.1) is 11.6 Å². The van der Waals surface area contributed by atoms with Gasteiger partial charge in [-0.25, -0.2) is 8.78 Å². The van der Waals surface area contributed by atoms with Gasteiger partial charge in [0.2, 0.25) is 5.91 Å². The van der Waals surface area contributed by atoms with Crippen molar-refractivity contribution in [3.8, 4) is 0 Å². The number of carbonyl (C=O) groups is 1. The molecule has 2 aromatic rings. The van der Waals surface area contributed by atoms with E-state index in [4.69, 9.17) is 0 Å². The quantitative estimate of drug-likeness (QED) is 0.880. The average Bonchev–Trinajstić information content (AvgIpc) is 2.63. The zero-order chi connectivity index (χ0) is 18.5. The molecule has 136 valence electrons. The number of nitrogens with one attached hydrogen (secondary N) is 1. The second-order valence-electron chi connectivity index (χ2n) is 6.54. The van der Waals surface area contributed by atoms with Crippen LogP contribution < -0.4 is 5.32 Å². The summed E-state index contributed by atoms with van der Waals surface area (Å²) in [5.74, 6) is -1.44. The molecule has 3 rings (SSSR count). The van der Waals surface area contributed by atoms with Crippen molar-refractivity contribution >= 4 is 11.5 Å². The maximum atomic E-state index is 13.8. The third kappa shape index (κ3) is 4.55. The zero-order valence-electron chi connectivity index (χ0n) is 14.7. The van der Waals surface area contributed by atoms with Crippen LogP contribution in [0.15, 0.2) is 54.6 Å². The molecule has 1 atom stereocenters. The lowest BCUT2D eigenvalue weighted by Gasteiger charge is -2.26. The van der Waals surface area contributed by atoms with E-state index in [1.54, 1.807) is 6.92 Å². The average molecular weight is 356 g/mol. The molecule has 1 N–H and O–H groups in total. The van der Waals surface area contributed by atoms with Gasteiger partial charge in [-0.15, -0.1) is 0 Å². The summed E-state index contributed by atoms with van der Waals surface area (Å²) in [4.78, 5) is 14.3. The largest absolute Gasteiger partial charge is 0.348 e. The maximum absolute atomic E-state index is 13.8. The van der Waals surface area contributed by atoms with Crippen molar-refractivity contribution in [1.29, 1.82) is 0 Å². The van der Waals surface area contributed by atoms with Gasteiger partial charge in [0.05, 0.1) is 12.6 Å². The molecule has 0 saturated heterocycles. The summed E-state index contributed by atoms with van der Waals surface area (Å²) in [5.41, 5.74) is 2.80. The summed E-state index contributed by atoms with van der Waals surface area (Å²) in [6.45, 7) is 3.45. The minimum Gasteiger partial charge on any atom is -0.348 e. The fourth-order valence-corrected chi connectivity index (χ4v) is 3.19. The molecule has 1 aliphatic rings. The van der Waals surface area contributed by atoms with Crippen molar-refractivity contribution in [2.75, 3.05) is 19.6 Å². The van der Waals surface area contributed by atoms with Crippen LogP contribution in [0.5, 0.6) is 0 Å². The summed E-state index contributed by atoms with van der Waals surface area (Å²) in [6, 6.07) is 13.1. The molecule has 2 aromatic carbocycles. The van der Waals surface area contributed by atoms with Crippen LogP contribution in [-0.4, -0.2) is 30.4 Å². The summed E-state index contributed by atoms with van der Waals surface area (Å²) in [6.07, 6.45) is 3.04. The molecule has 0 aliphatic carbocycles. The molecule has 0 saturated carbocycles. The van der Waals surface area contributed by atoms with Crippen LogP contribution in [0.4, 0.5) is 8.78 Å². The van der Waals surface area contributed by atoms with Gasteiger partial charge in [-0.3, -0.25) is 9.69 Å². The van der Waals surface area contributed by atoms with E-state index in [1.165, 1.54) is 23.3 Å². The third-order valence-electron chi connectivity index (χ3n) is 4.61. The molecule has 0 radical (unpaired) electrons. The van der Waals surface area contributed by atoms with E-state index in [-0.39, 0.29) is 18.0 Å². The van der Waals surface area contributed by atoms with E-state index in [1.807, 2.05) is 18.2 Å². The molecular weight excluding hydrogens is 334 g/mol. The van der Waals surface area contributed by atoms with E-state index in [2.05, 4.69) is 28.4 Å². The highest BCUT2D eigenvalue weighted by molar-refractivity contribution is 5.78. The van der Waals surface area contributed by atoms with Gasteiger partial charge in [0.1, 0.15) is 11.6 Å². The van der Waals surface area contributed by atoms with E-state index in [0.717, 1.165) is 19.0 Å². The first-order valence-corrected chi connectivity index (χ1v) is 8.74. The number of benzene rings is 2. The highest BCUT2D eigenvalue weighted by atomic mass is 19.1. The van der Waals surface area contributed by atoms with E-state index < -0.39 is 17.7 Å². The molecule has 0 bridgehead atoms. The monoisotopic (exact) mass is 356 g/mol. The molecule has 5 heteroatoms. The summed E-state index contributed by atoms with van der Waals surface area (Å²) in [5, 5.41) is 2.78. The fraction of sp³-hybridized carbons (Fsp3) is 0.286. The van der Waals surface area contributed by atoms with Gasteiger partial charge in [0.15, 0.2) is 0 Å². The number of nitrogens with zero attached hydrogens (tertiary/aromatic N) is 1. The Bertz CT molecular complexity index is 805. The van der Waals surface area contributed by atoms with Crippen LogP contribution in [0.25, 0.3) is 5.57 Å². The van der Waals surface area contributed by atoms with Crippen LogP contribution in [0.2, 0.25) is 0 Å². The molecule has 3 nitrogen and oxygen atoms in total. The highest BCUT2D eigenvalue weighted by Gasteiger charge is 2.18. The molecule has 26 heavy (non-hydrogen) atoms. The van der Waals surface area contributed by atoms with Crippen molar-refractivity contribution < 1.29 is 13.6 Å². The fourth-order valence-electron chi connectivity index (χ4n) is 3.19. The summed E-state index contributed by atoms with van der Waals surface area (Å²) < 4.78 is 26.8. The van der Waals surface area contributed by atoms with Gasteiger partial charge in [-0.2, -0.15) is 0 Å². The molecular formula is C21H22F2N2O. The first kappa shape index (κ1) is 18.3. The Hall–Kier alpha value is -2.53. The second-order valence-corrected chi connectivity index (χ2v) is 6.54. The number of hydrogen-bond donors (Lipinski definition) is 1. The van der Waals surface area contributed by atoms with Crippen molar-refractivity contribution in [2.45, 2.75) is 19.4 Å². The van der Waals surface area contributed by atoms with E-state index in [9.17, 15) is 13.6 Å². The predicted molar refractivity (Wildman–Crippen MR) is 98.4 cm³/mol. The molecule has 1 heterocycles. The Kier molecular flexibility index (Phi) is 5.78. The summed E-state index contributed by atoms with van der Waals surface area (Å²) >= 11 is 0. The highest BCUT2D eigenvalue weighted by Crippen LogP contribution is 2.22. The van der Waals surface area contributed by atoms with E-state index >= 15 is 0 Å². The Balaban J connectivity index is 1.53. The van der Waals surface area contributed by atoms with Gasteiger partial charge in [-0.05, 0) is 30.5 Å². The topological polar surface area (TPSA) is 32.3 Å². The number of hydrogen-bond acceptors (Lipinski definition) is 2. The van der Waals surface area contributed by atoms with Crippen LogP contribution in [0.3, 0.4) is 0 Å². The standard InChI is InChI=1S/C21H22F2N2O/c1-15(19-8-7-18(22)13-20(19)23)24-21(26)14-25-11-9-17(10-12-25)16-5-3-2-4-6-16/h2-9,13,15H,10-12,14H2,1H3,(H,24,26)/t15-/m1/s1. The maximum Gasteiger partial charge on any atom is 0.234 e. The van der Waals surface area contributed by atoms with Crippen molar-refractivity contribution in [3.05, 3.63) is 77.4 Å². The number of halogens is 2. The Morgan fingerprint density at radius 3 is 2.62 bits per heavy atom. The number of amides is 1. The Morgan fingerprint density at radius 2 is 1.96 bits per heavy atom. The minimum atomic E-state index is -0.647. The lowest BCUT2D eigenvalue weighted by Crippen LogP contribution is -2.40. The first-order chi connectivity index (χ1) is 12.5. The van der Waals surface area contributed by atoms with Crippen LogP contribution in [0.1, 0.15) is 30.5 Å². The Labute approximate surface area is 152 Å². The first-order valence-electron chi connectivity index (χ1n) is 8.74. The SMILES string of the molecule is C[C@@H](NC(=O)CN1CC=C(c2ccccc2)CC1)c1ccc(F)cc1F. The molecule has 1 amide bonds. The zero-order valence-corrected chi connectivity index (χ0v) is 14.7. The van der Waals surface area contributed by atoms with Crippen LogP contribution >= 0.6 is 0 Å². The van der Waals surface area contributed by atoms with Gasteiger partial charge in [0.25, 0.3) is 0 Å². The van der Waals surface area contributed by atoms with E-state index in [0.29, 0.717) is 6.54 Å². The smallest absolute Gasteiger partial charge is 0.234 e. The number of carbonyl (C=O) groups excluding carboxylic acids is 1. The van der Waals surface area contributed by atoms with Gasteiger partial charge in [0, 0.05) is 24.7 Å². The summed E-state index contributed by atoms with van der Waals surface area (Å²) in [7, 11) is 0. The minimum absolute atomic E-state index is 0.169. The molecule has 0 unspecified atom stereocenters. The lowest BCUT2D eigenvalue weighted by atomic mass is 9.99. The molecule has 1 aliphatic heterocycles. The third-order valence-corrected chi connectivity index (χ3v) is 4.61. The normalized spacial score (nSPS) is 16.0. The molecule has 0 aromatic heterocycles. The molecule has 0 spiro atoms. The second kappa shape index (κ2) is 8.23. The van der Waals surface area contributed by atoms with Crippen LogP contribution in [-0.2, 0) is 4.79 Å². The van der Waals surface area contributed by atoms with Crippen molar-refractivity contribution in [2.24, 2.45) is 0 Å². The van der Waals surface area contributed by atoms with Crippen molar-refractivity contribution in [3.63, 3.8) is 0 Å². The lowest BCUT2D eigenvalue weighted by molar-refractivity contribution is -0.122. The van der Waals surface area contributed by atoms with Gasteiger partial charge < -0.3 is 5.32 Å².